The monoisotopic (exact) mass is 308 g/mol. The van der Waals surface area contributed by atoms with Gasteiger partial charge < -0.3 is 5.73 Å². The molecule has 1 heterocycles. The summed E-state index contributed by atoms with van der Waals surface area (Å²) in [5, 5.41) is 8.17. The van der Waals surface area contributed by atoms with Crippen molar-refractivity contribution >= 4 is 12.2 Å². The summed E-state index contributed by atoms with van der Waals surface area (Å²) in [5.41, 5.74) is 10.0. The van der Waals surface area contributed by atoms with Crippen LogP contribution in [0.5, 0.6) is 0 Å². The molecule has 0 radical (unpaired) electrons. The summed E-state index contributed by atoms with van der Waals surface area (Å²) in [6.07, 6.45) is 3.87. The molecule has 4 nitrogen and oxygen atoms in total. The van der Waals surface area contributed by atoms with Gasteiger partial charge in [0, 0.05) is 6.54 Å². The molecule has 5 heteroatoms. The first-order chi connectivity index (χ1) is 11.2. The molecule has 1 aromatic heterocycles. The van der Waals surface area contributed by atoms with E-state index in [9.17, 15) is 4.39 Å². The van der Waals surface area contributed by atoms with Gasteiger partial charge in [-0.2, -0.15) is 0 Å². The molecule has 0 unspecified atom stereocenters. The van der Waals surface area contributed by atoms with Crippen LogP contribution in [-0.2, 0) is 6.54 Å². The molecule has 0 amide bonds. The standard InChI is InChI=1S/C18H17FN4/c1-13-5-7-14(8-6-13)9-10-18-17(12-20)21-22-23(18)16-4-2-3-15(19)11-16/h2-11H,12,20H2,1H3/b10-9+. The fraction of sp³-hybridized carbons (Fsp3) is 0.111. The number of hydrogen-bond acceptors (Lipinski definition) is 3. The summed E-state index contributed by atoms with van der Waals surface area (Å²) in [5.74, 6) is -0.319. The van der Waals surface area contributed by atoms with E-state index in [0.717, 1.165) is 11.3 Å². The normalized spacial score (nSPS) is 11.3. The van der Waals surface area contributed by atoms with Crippen LogP contribution < -0.4 is 5.73 Å². The minimum atomic E-state index is -0.319. The van der Waals surface area contributed by atoms with E-state index < -0.39 is 0 Å². The van der Waals surface area contributed by atoms with E-state index in [4.69, 9.17) is 5.73 Å². The number of aryl methyl sites for hydroxylation is 1. The van der Waals surface area contributed by atoms with Crippen molar-refractivity contribution in [1.29, 1.82) is 0 Å². The fourth-order valence-corrected chi connectivity index (χ4v) is 2.28. The van der Waals surface area contributed by atoms with Crippen LogP contribution in [-0.4, -0.2) is 15.0 Å². The van der Waals surface area contributed by atoms with Crippen molar-refractivity contribution < 1.29 is 4.39 Å². The first-order valence-corrected chi connectivity index (χ1v) is 7.33. The van der Waals surface area contributed by atoms with E-state index in [2.05, 4.69) is 10.3 Å². The summed E-state index contributed by atoms with van der Waals surface area (Å²) in [7, 11) is 0. The predicted molar refractivity (Wildman–Crippen MR) is 89.3 cm³/mol. The van der Waals surface area contributed by atoms with E-state index in [0.29, 0.717) is 11.4 Å². The topological polar surface area (TPSA) is 56.7 Å². The van der Waals surface area contributed by atoms with Gasteiger partial charge in [0.15, 0.2) is 0 Å². The molecule has 0 bridgehead atoms. The zero-order chi connectivity index (χ0) is 16.2. The van der Waals surface area contributed by atoms with Crippen LogP contribution in [0.2, 0.25) is 0 Å². The molecule has 0 spiro atoms. The summed E-state index contributed by atoms with van der Waals surface area (Å²) in [6.45, 7) is 2.31. The van der Waals surface area contributed by atoms with Crippen LogP contribution in [0.4, 0.5) is 4.39 Å². The average Bonchev–Trinajstić information content (AvgIpc) is 2.97. The van der Waals surface area contributed by atoms with Gasteiger partial charge in [-0.1, -0.05) is 47.2 Å². The maximum Gasteiger partial charge on any atom is 0.125 e. The molecule has 2 N–H and O–H groups in total. The number of hydrogen-bond donors (Lipinski definition) is 1. The van der Waals surface area contributed by atoms with Gasteiger partial charge in [-0.25, -0.2) is 9.07 Å². The van der Waals surface area contributed by atoms with Crippen LogP contribution in [0.3, 0.4) is 0 Å². The third kappa shape index (κ3) is 3.35. The molecular weight excluding hydrogens is 291 g/mol. The van der Waals surface area contributed by atoms with Crippen LogP contribution in [0.25, 0.3) is 17.8 Å². The number of rotatable bonds is 4. The predicted octanol–water partition coefficient (Wildman–Crippen LogP) is 3.34. The second kappa shape index (κ2) is 6.54. The molecule has 0 aliphatic heterocycles. The van der Waals surface area contributed by atoms with Gasteiger partial charge in [-0.05, 0) is 36.8 Å². The molecular formula is C18H17FN4. The molecule has 0 saturated heterocycles. The molecule has 0 aliphatic rings. The number of benzene rings is 2. The number of nitrogens with zero attached hydrogens (tertiary/aromatic N) is 3. The van der Waals surface area contributed by atoms with Crippen molar-refractivity contribution in [1.82, 2.24) is 15.0 Å². The molecule has 23 heavy (non-hydrogen) atoms. The van der Waals surface area contributed by atoms with Gasteiger partial charge in [-0.3, -0.25) is 0 Å². The van der Waals surface area contributed by atoms with Crippen LogP contribution in [0, 0.1) is 12.7 Å². The highest BCUT2D eigenvalue weighted by atomic mass is 19.1. The second-order valence-corrected chi connectivity index (χ2v) is 5.26. The van der Waals surface area contributed by atoms with Crippen LogP contribution in [0.1, 0.15) is 22.5 Å². The van der Waals surface area contributed by atoms with E-state index in [1.54, 1.807) is 16.8 Å². The Morgan fingerprint density at radius 3 is 2.61 bits per heavy atom. The van der Waals surface area contributed by atoms with Gasteiger partial charge in [0.2, 0.25) is 0 Å². The lowest BCUT2D eigenvalue weighted by Gasteiger charge is -2.04. The molecule has 0 aliphatic carbocycles. The molecule has 2 aromatic carbocycles. The largest absolute Gasteiger partial charge is 0.325 e. The van der Waals surface area contributed by atoms with Crippen molar-refractivity contribution in [2.75, 3.05) is 0 Å². The zero-order valence-corrected chi connectivity index (χ0v) is 12.8. The lowest BCUT2D eigenvalue weighted by atomic mass is 10.1. The highest BCUT2D eigenvalue weighted by molar-refractivity contribution is 5.69. The zero-order valence-electron chi connectivity index (χ0n) is 12.8. The molecule has 116 valence electrons. The average molecular weight is 308 g/mol. The Kier molecular flexibility index (Phi) is 4.30. The number of halogens is 1. The SMILES string of the molecule is Cc1ccc(/C=C/c2c(CN)nnn2-c2cccc(F)c2)cc1. The third-order valence-corrected chi connectivity index (χ3v) is 3.54. The van der Waals surface area contributed by atoms with Crippen LogP contribution in [0.15, 0.2) is 48.5 Å². The summed E-state index contributed by atoms with van der Waals surface area (Å²) < 4.78 is 15.1. The van der Waals surface area contributed by atoms with E-state index >= 15 is 0 Å². The number of aromatic nitrogens is 3. The van der Waals surface area contributed by atoms with Crippen molar-refractivity contribution in [3.8, 4) is 5.69 Å². The smallest absolute Gasteiger partial charge is 0.125 e. The molecule has 0 atom stereocenters. The van der Waals surface area contributed by atoms with Gasteiger partial charge in [0.25, 0.3) is 0 Å². The minimum Gasteiger partial charge on any atom is -0.325 e. The maximum absolute atomic E-state index is 13.5. The first-order valence-electron chi connectivity index (χ1n) is 7.33. The quantitative estimate of drug-likeness (QED) is 0.804. The highest BCUT2D eigenvalue weighted by Crippen LogP contribution is 2.17. The third-order valence-electron chi connectivity index (χ3n) is 3.54. The van der Waals surface area contributed by atoms with E-state index in [-0.39, 0.29) is 12.4 Å². The van der Waals surface area contributed by atoms with Crippen LogP contribution >= 0.6 is 0 Å². The second-order valence-electron chi connectivity index (χ2n) is 5.26. The Balaban J connectivity index is 2.00. The Labute approximate surface area is 134 Å². The Hall–Kier alpha value is -2.79. The van der Waals surface area contributed by atoms with Crippen molar-refractivity contribution in [2.24, 2.45) is 5.73 Å². The number of nitrogens with two attached hydrogens (primary N) is 1. The summed E-state index contributed by atoms with van der Waals surface area (Å²) >= 11 is 0. The first kappa shape index (κ1) is 15.1. The van der Waals surface area contributed by atoms with Gasteiger partial charge in [0.1, 0.15) is 11.5 Å². The Morgan fingerprint density at radius 1 is 1.13 bits per heavy atom. The van der Waals surface area contributed by atoms with Gasteiger partial charge in [0.05, 0.1) is 11.4 Å². The van der Waals surface area contributed by atoms with E-state index in [1.165, 1.54) is 17.7 Å². The van der Waals surface area contributed by atoms with Crippen molar-refractivity contribution in [3.05, 3.63) is 76.9 Å². The molecule has 3 rings (SSSR count). The molecule has 0 saturated carbocycles. The van der Waals surface area contributed by atoms with Gasteiger partial charge >= 0.3 is 0 Å². The van der Waals surface area contributed by atoms with E-state index in [1.807, 2.05) is 43.3 Å². The summed E-state index contributed by atoms with van der Waals surface area (Å²) in [6, 6.07) is 14.4. The lowest BCUT2D eigenvalue weighted by Crippen LogP contribution is -2.02. The maximum atomic E-state index is 13.5. The van der Waals surface area contributed by atoms with Gasteiger partial charge in [-0.15, -0.1) is 5.10 Å². The highest BCUT2D eigenvalue weighted by Gasteiger charge is 2.11. The minimum absolute atomic E-state index is 0.267. The molecule has 0 fully saturated rings. The summed E-state index contributed by atoms with van der Waals surface area (Å²) in [4.78, 5) is 0. The Bertz CT molecular complexity index is 834. The lowest BCUT2D eigenvalue weighted by molar-refractivity contribution is 0.624. The Morgan fingerprint density at radius 2 is 1.91 bits per heavy atom. The van der Waals surface area contributed by atoms with Crippen molar-refractivity contribution in [3.63, 3.8) is 0 Å². The fourth-order valence-electron chi connectivity index (χ4n) is 2.28. The molecule has 3 aromatic rings. The van der Waals surface area contributed by atoms with Crippen molar-refractivity contribution in [2.45, 2.75) is 13.5 Å².